The third-order valence-corrected chi connectivity index (χ3v) is 13.7. The van der Waals surface area contributed by atoms with E-state index < -0.39 is 0 Å². The second-order valence-corrected chi connectivity index (χ2v) is 16.7. The third-order valence-electron chi connectivity index (χ3n) is 12.6. The Kier molecular flexibility index (Phi) is 5.41. The molecule has 0 fully saturated rings. The van der Waals surface area contributed by atoms with Crippen molar-refractivity contribution >= 4 is 110 Å². The Morgan fingerprint density at radius 3 is 2.15 bits per heavy atom. The van der Waals surface area contributed by atoms with Gasteiger partial charge in [-0.25, -0.2) is 0 Å². The third kappa shape index (κ3) is 3.49. The van der Waals surface area contributed by atoms with Crippen LogP contribution in [0.2, 0.25) is 0 Å². The Balaban J connectivity index is 1.27. The molecular weight excluding hydrogens is 675 g/mol. The van der Waals surface area contributed by atoms with Crippen LogP contribution in [0.25, 0.3) is 64.0 Å². The number of furan rings is 1. The monoisotopic (exact) mass is 706 g/mol. The van der Waals surface area contributed by atoms with Crippen LogP contribution in [0.4, 0.5) is 28.4 Å². The lowest BCUT2D eigenvalue weighted by molar-refractivity contribution is 0.632. The number of hydrogen-bond acceptors (Lipinski definition) is 4. The Hall–Kier alpha value is -6.30. The van der Waals surface area contributed by atoms with Gasteiger partial charge in [0.05, 0.1) is 16.8 Å². The molecule has 0 aliphatic carbocycles. The van der Waals surface area contributed by atoms with Crippen LogP contribution in [0, 0.1) is 0 Å². The second kappa shape index (κ2) is 10.0. The van der Waals surface area contributed by atoms with E-state index >= 15 is 0 Å². The fraction of sp³-hybridized carbons (Fsp3) is 0.0612. The number of fused-ring (bicyclic) bond motifs is 14. The Morgan fingerprint density at radius 2 is 1.24 bits per heavy atom. The molecule has 3 nitrogen and oxygen atoms in total. The summed E-state index contributed by atoms with van der Waals surface area (Å²) in [5.41, 5.74) is 15.9. The van der Waals surface area contributed by atoms with E-state index in [0.29, 0.717) is 0 Å². The first-order chi connectivity index (χ1) is 26.6. The maximum Gasteiger partial charge on any atom is 0.333 e. The number of hydrogen-bond donors (Lipinski definition) is 0. The Morgan fingerprint density at radius 1 is 0.537 bits per heavy atom. The largest absolute Gasteiger partial charge is 0.456 e. The SMILES string of the molecule is CC1(C)c2ccccc2N2c3c(cccc31)B1c3c(cc4sc5ccccc5c4c32)-c2cc3ccccc3cc2N1c1cccc2oc3ccccc3c12. The van der Waals surface area contributed by atoms with Crippen LogP contribution in [0.15, 0.2) is 156 Å². The minimum Gasteiger partial charge on any atom is -0.456 e. The smallest absolute Gasteiger partial charge is 0.333 e. The van der Waals surface area contributed by atoms with Crippen LogP contribution in [0.5, 0.6) is 0 Å². The summed E-state index contributed by atoms with van der Waals surface area (Å²) in [5, 5.41) is 7.42. The number of nitrogens with zero attached hydrogens (tertiary/aromatic N) is 2. The molecule has 0 radical (unpaired) electrons. The summed E-state index contributed by atoms with van der Waals surface area (Å²) >= 11 is 1.91. The summed E-state index contributed by atoms with van der Waals surface area (Å²) in [6.07, 6.45) is 0. The van der Waals surface area contributed by atoms with Crippen molar-refractivity contribution in [1.29, 1.82) is 0 Å². The van der Waals surface area contributed by atoms with Crippen molar-refractivity contribution in [3.05, 3.63) is 163 Å². The number of rotatable bonds is 1. The molecule has 5 heteroatoms. The Bertz CT molecular complexity index is 3300. The molecule has 5 heterocycles. The summed E-state index contributed by atoms with van der Waals surface area (Å²) in [7, 11) is 0. The molecule has 3 aliphatic rings. The summed E-state index contributed by atoms with van der Waals surface area (Å²) in [4.78, 5) is 5.32. The lowest BCUT2D eigenvalue weighted by atomic mass is 9.42. The molecule has 0 bridgehead atoms. The number of benzene rings is 8. The molecule has 0 saturated carbocycles. The van der Waals surface area contributed by atoms with Crippen molar-refractivity contribution in [2.75, 3.05) is 9.71 Å². The van der Waals surface area contributed by atoms with Gasteiger partial charge in [0.2, 0.25) is 0 Å². The number of anilines is 5. The zero-order valence-electron chi connectivity index (χ0n) is 29.7. The molecule has 3 aliphatic heterocycles. The molecule has 10 aromatic rings. The van der Waals surface area contributed by atoms with Gasteiger partial charge < -0.3 is 14.1 Å². The average molecular weight is 707 g/mol. The fourth-order valence-electron chi connectivity index (χ4n) is 10.3. The van der Waals surface area contributed by atoms with Crippen molar-refractivity contribution in [3.8, 4) is 11.1 Å². The van der Waals surface area contributed by atoms with Crippen LogP contribution in [-0.4, -0.2) is 6.85 Å². The van der Waals surface area contributed by atoms with E-state index in [1.807, 2.05) is 11.3 Å². The molecule has 13 rings (SSSR count). The Labute approximate surface area is 316 Å². The molecule has 0 N–H and O–H groups in total. The summed E-state index contributed by atoms with van der Waals surface area (Å²) in [6.45, 7) is 4.70. The van der Waals surface area contributed by atoms with Crippen LogP contribution < -0.4 is 20.6 Å². The highest BCUT2D eigenvalue weighted by Gasteiger charge is 2.50. The van der Waals surface area contributed by atoms with E-state index in [4.69, 9.17) is 4.42 Å². The van der Waals surface area contributed by atoms with E-state index in [1.54, 1.807) is 0 Å². The molecule has 8 aromatic carbocycles. The molecule has 2 aromatic heterocycles. The second-order valence-electron chi connectivity index (χ2n) is 15.6. The lowest BCUT2D eigenvalue weighted by Gasteiger charge is -2.50. The number of para-hydroxylation sites is 3. The standard InChI is InChI=1S/C49H31BN2OS/c1-49(2)34-17-7-8-20-37(34)51-47-35(49)18-11-19-36(47)50-46-33(27-43-45(48(46)51)31-16-6-10-24-42(31)54-43)32-25-28-13-3-4-14-29(28)26-39(32)52(50)38-21-12-23-41-44(38)30-15-5-9-22-40(30)53-41/h3-27H,1-2H3. The quantitative estimate of drug-likeness (QED) is 0.158. The van der Waals surface area contributed by atoms with E-state index in [2.05, 4.69) is 175 Å². The summed E-state index contributed by atoms with van der Waals surface area (Å²) in [6, 6.07) is 56.5. The summed E-state index contributed by atoms with van der Waals surface area (Å²) in [5.74, 6) is 0. The maximum atomic E-state index is 6.58. The average Bonchev–Trinajstić information content (AvgIpc) is 3.78. The minimum atomic E-state index is -0.197. The molecule has 0 unspecified atom stereocenters. The predicted octanol–water partition coefficient (Wildman–Crippen LogP) is 12.5. The topological polar surface area (TPSA) is 19.6 Å². The molecule has 0 atom stereocenters. The highest BCUT2D eigenvalue weighted by atomic mass is 32.1. The first-order valence-corrected chi connectivity index (χ1v) is 19.6. The molecule has 0 amide bonds. The first kappa shape index (κ1) is 29.2. The van der Waals surface area contributed by atoms with Crippen molar-refractivity contribution < 1.29 is 4.42 Å². The molecule has 0 spiro atoms. The van der Waals surface area contributed by atoms with E-state index in [1.165, 1.54) is 86.9 Å². The van der Waals surface area contributed by atoms with Gasteiger partial charge in [-0.15, -0.1) is 11.3 Å². The van der Waals surface area contributed by atoms with Crippen molar-refractivity contribution in [2.45, 2.75) is 19.3 Å². The van der Waals surface area contributed by atoms with Gasteiger partial charge in [0, 0.05) is 53.6 Å². The van der Waals surface area contributed by atoms with Gasteiger partial charge in [-0.05, 0) is 86.9 Å². The molecule has 54 heavy (non-hydrogen) atoms. The first-order valence-electron chi connectivity index (χ1n) is 18.8. The van der Waals surface area contributed by atoms with Crippen molar-refractivity contribution in [3.63, 3.8) is 0 Å². The van der Waals surface area contributed by atoms with Crippen molar-refractivity contribution in [1.82, 2.24) is 0 Å². The van der Waals surface area contributed by atoms with E-state index in [-0.39, 0.29) is 12.3 Å². The zero-order valence-corrected chi connectivity index (χ0v) is 30.5. The predicted molar refractivity (Wildman–Crippen MR) is 230 cm³/mol. The zero-order chi connectivity index (χ0) is 35.4. The molecule has 252 valence electrons. The lowest BCUT2D eigenvalue weighted by Crippen LogP contribution is -2.62. The van der Waals surface area contributed by atoms with Gasteiger partial charge in [-0.1, -0.05) is 117 Å². The number of thiophene rings is 1. The van der Waals surface area contributed by atoms with E-state index in [9.17, 15) is 0 Å². The summed E-state index contributed by atoms with van der Waals surface area (Å²) < 4.78 is 9.22. The van der Waals surface area contributed by atoms with Crippen LogP contribution in [0.3, 0.4) is 0 Å². The van der Waals surface area contributed by atoms with Gasteiger partial charge in [-0.2, -0.15) is 0 Å². The van der Waals surface area contributed by atoms with Crippen molar-refractivity contribution in [2.24, 2.45) is 0 Å². The molecule has 0 saturated heterocycles. The highest BCUT2D eigenvalue weighted by Crippen LogP contribution is 2.58. The van der Waals surface area contributed by atoms with Gasteiger partial charge in [0.15, 0.2) is 0 Å². The normalized spacial score (nSPS) is 14.9. The minimum absolute atomic E-state index is 0.0988. The molecular formula is C49H31BN2OS. The van der Waals surface area contributed by atoms with Crippen LogP contribution in [-0.2, 0) is 5.41 Å². The van der Waals surface area contributed by atoms with E-state index in [0.717, 1.165) is 27.6 Å². The van der Waals surface area contributed by atoms with Crippen LogP contribution >= 0.6 is 11.3 Å². The maximum absolute atomic E-state index is 6.58. The van der Waals surface area contributed by atoms with Gasteiger partial charge in [-0.3, -0.25) is 0 Å². The van der Waals surface area contributed by atoms with Crippen LogP contribution in [0.1, 0.15) is 25.0 Å². The van der Waals surface area contributed by atoms with Gasteiger partial charge >= 0.3 is 6.85 Å². The highest BCUT2D eigenvalue weighted by molar-refractivity contribution is 7.26. The van der Waals surface area contributed by atoms with Gasteiger partial charge in [0.1, 0.15) is 11.2 Å². The van der Waals surface area contributed by atoms with Gasteiger partial charge in [0.25, 0.3) is 0 Å². The fourth-order valence-corrected chi connectivity index (χ4v) is 11.4.